The Kier molecular flexibility index (Phi) is 4.31. The fraction of sp³-hybridized carbons (Fsp3) is 0.462. The molecule has 108 valence electrons. The molecule has 1 aliphatic rings. The van der Waals surface area contributed by atoms with Crippen molar-refractivity contribution in [2.45, 2.75) is 25.4 Å². The first-order chi connectivity index (χ1) is 9.52. The van der Waals surface area contributed by atoms with Gasteiger partial charge in [0.25, 0.3) is 5.69 Å². The van der Waals surface area contributed by atoms with E-state index in [0.29, 0.717) is 24.9 Å². The second kappa shape index (κ2) is 5.98. The van der Waals surface area contributed by atoms with Crippen LogP contribution >= 0.6 is 0 Å². The number of carbonyl (C=O) groups is 1. The summed E-state index contributed by atoms with van der Waals surface area (Å²) in [6.07, 6.45) is 0.480. The number of non-ortho nitro benzene ring substituents is 1. The lowest BCUT2D eigenvalue weighted by Gasteiger charge is -2.24. The molecule has 1 unspecified atom stereocenters. The monoisotopic (exact) mass is 280 g/mol. The molecule has 0 aliphatic carbocycles. The highest BCUT2D eigenvalue weighted by atomic mass is 16.6. The third-order valence-corrected chi connectivity index (χ3v) is 3.31. The summed E-state index contributed by atoms with van der Waals surface area (Å²) in [7, 11) is 0. The van der Waals surface area contributed by atoms with Crippen LogP contribution in [0.25, 0.3) is 0 Å². The summed E-state index contributed by atoms with van der Waals surface area (Å²) in [5.41, 5.74) is 1.28. The van der Waals surface area contributed by atoms with Crippen LogP contribution in [0.3, 0.4) is 0 Å². The second-order valence-corrected chi connectivity index (χ2v) is 4.76. The third-order valence-electron chi connectivity index (χ3n) is 3.31. The SMILES string of the molecule is O=C1CCCc2cc([N+](=O)[O-])ccc2N1CC(O)CO. The molecule has 0 radical (unpaired) electrons. The number of amides is 1. The van der Waals surface area contributed by atoms with Crippen molar-refractivity contribution in [3.05, 3.63) is 33.9 Å². The Morgan fingerprint density at radius 1 is 1.40 bits per heavy atom. The van der Waals surface area contributed by atoms with Gasteiger partial charge in [-0.2, -0.15) is 0 Å². The van der Waals surface area contributed by atoms with Crippen molar-refractivity contribution in [2.75, 3.05) is 18.1 Å². The van der Waals surface area contributed by atoms with Crippen molar-refractivity contribution in [1.82, 2.24) is 0 Å². The Morgan fingerprint density at radius 2 is 2.15 bits per heavy atom. The zero-order chi connectivity index (χ0) is 14.7. The number of hydrogen-bond donors (Lipinski definition) is 2. The van der Waals surface area contributed by atoms with Gasteiger partial charge in [0, 0.05) is 24.2 Å². The van der Waals surface area contributed by atoms with Crippen molar-refractivity contribution in [1.29, 1.82) is 0 Å². The summed E-state index contributed by atoms with van der Waals surface area (Å²) in [4.78, 5) is 23.8. The van der Waals surface area contributed by atoms with Crippen LogP contribution in [0.15, 0.2) is 18.2 Å². The van der Waals surface area contributed by atoms with E-state index in [1.807, 2.05) is 0 Å². The highest BCUT2D eigenvalue weighted by Crippen LogP contribution is 2.30. The molecule has 2 N–H and O–H groups in total. The fourth-order valence-electron chi connectivity index (χ4n) is 2.32. The maximum absolute atomic E-state index is 12.0. The maximum Gasteiger partial charge on any atom is 0.269 e. The van der Waals surface area contributed by atoms with Crippen LogP contribution in [-0.4, -0.2) is 40.3 Å². The first-order valence-corrected chi connectivity index (χ1v) is 6.39. The number of fused-ring (bicyclic) bond motifs is 1. The Bertz CT molecular complexity index is 531. The summed E-state index contributed by atoms with van der Waals surface area (Å²) in [6, 6.07) is 4.34. The third kappa shape index (κ3) is 2.94. The van der Waals surface area contributed by atoms with Gasteiger partial charge >= 0.3 is 0 Å². The van der Waals surface area contributed by atoms with E-state index >= 15 is 0 Å². The molecule has 1 aromatic carbocycles. The summed E-state index contributed by atoms with van der Waals surface area (Å²) < 4.78 is 0. The van der Waals surface area contributed by atoms with Crippen LogP contribution in [-0.2, 0) is 11.2 Å². The standard InChI is InChI=1S/C13H16N2O5/c16-8-11(17)7-14-12-5-4-10(15(19)20)6-9(12)2-1-3-13(14)18/h4-6,11,16-17H,1-3,7-8H2. The van der Waals surface area contributed by atoms with Gasteiger partial charge in [-0.3, -0.25) is 14.9 Å². The predicted molar refractivity (Wildman–Crippen MR) is 71.5 cm³/mol. The van der Waals surface area contributed by atoms with Gasteiger partial charge in [0.15, 0.2) is 0 Å². The molecule has 0 spiro atoms. The summed E-state index contributed by atoms with van der Waals surface area (Å²) in [6.45, 7) is -0.452. The van der Waals surface area contributed by atoms with Crippen LogP contribution in [0.4, 0.5) is 11.4 Å². The number of aliphatic hydroxyl groups is 2. The van der Waals surface area contributed by atoms with Crippen LogP contribution in [0.2, 0.25) is 0 Å². The quantitative estimate of drug-likeness (QED) is 0.621. The van der Waals surface area contributed by atoms with Gasteiger partial charge in [0.1, 0.15) is 0 Å². The Morgan fingerprint density at radius 3 is 2.80 bits per heavy atom. The van der Waals surface area contributed by atoms with Crippen molar-refractivity contribution in [3.63, 3.8) is 0 Å². The second-order valence-electron chi connectivity index (χ2n) is 4.76. The molecule has 2 rings (SSSR count). The van der Waals surface area contributed by atoms with Crippen molar-refractivity contribution >= 4 is 17.3 Å². The van der Waals surface area contributed by atoms with Gasteiger partial charge in [-0.15, -0.1) is 0 Å². The fourth-order valence-corrected chi connectivity index (χ4v) is 2.32. The van der Waals surface area contributed by atoms with E-state index in [1.165, 1.54) is 23.1 Å². The number of nitro groups is 1. The van der Waals surface area contributed by atoms with E-state index in [0.717, 1.165) is 5.56 Å². The predicted octanol–water partition coefficient (Wildman–Crippen LogP) is 0.617. The largest absolute Gasteiger partial charge is 0.394 e. The van der Waals surface area contributed by atoms with Gasteiger partial charge in [0.2, 0.25) is 5.91 Å². The average molecular weight is 280 g/mol. The van der Waals surface area contributed by atoms with E-state index in [1.54, 1.807) is 0 Å². The minimum atomic E-state index is -1.03. The molecule has 1 aliphatic heterocycles. The van der Waals surface area contributed by atoms with Crippen molar-refractivity contribution in [3.8, 4) is 0 Å². The van der Waals surface area contributed by atoms with Gasteiger partial charge in [-0.05, 0) is 24.5 Å². The minimum absolute atomic E-state index is 0.0132. The Labute approximate surface area is 115 Å². The molecule has 0 saturated heterocycles. The maximum atomic E-state index is 12.0. The highest BCUT2D eigenvalue weighted by Gasteiger charge is 2.25. The molecule has 0 aromatic heterocycles. The summed E-state index contributed by atoms with van der Waals surface area (Å²) in [5.74, 6) is -0.148. The first-order valence-electron chi connectivity index (χ1n) is 6.39. The number of rotatable bonds is 4. The molecule has 7 heteroatoms. The number of anilines is 1. The van der Waals surface area contributed by atoms with Crippen LogP contribution in [0.5, 0.6) is 0 Å². The van der Waals surface area contributed by atoms with Crippen LogP contribution in [0, 0.1) is 10.1 Å². The normalized spacial score (nSPS) is 16.5. The zero-order valence-electron chi connectivity index (χ0n) is 10.9. The molecule has 20 heavy (non-hydrogen) atoms. The molecule has 1 heterocycles. The van der Waals surface area contributed by atoms with Crippen LogP contribution in [0.1, 0.15) is 18.4 Å². The average Bonchev–Trinajstić information content (AvgIpc) is 2.58. The smallest absolute Gasteiger partial charge is 0.269 e. The lowest BCUT2D eigenvalue weighted by atomic mass is 10.1. The van der Waals surface area contributed by atoms with Gasteiger partial charge in [0.05, 0.1) is 24.2 Å². The first kappa shape index (κ1) is 14.4. The molecular weight excluding hydrogens is 264 g/mol. The molecular formula is C13H16N2O5. The molecule has 7 nitrogen and oxygen atoms in total. The number of hydrogen-bond acceptors (Lipinski definition) is 5. The van der Waals surface area contributed by atoms with Gasteiger partial charge in [-0.25, -0.2) is 0 Å². The number of nitro benzene ring substituents is 1. The van der Waals surface area contributed by atoms with Crippen molar-refractivity contribution < 1.29 is 19.9 Å². The molecule has 1 amide bonds. The lowest BCUT2D eigenvalue weighted by Crippen LogP contribution is -2.38. The van der Waals surface area contributed by atoms with Gasteiger partial charge in [-0.1, -0.05) is 0 Å². The highest BCUT2D eigenvalue weighted by molar-refractivity contribution is 5.95. The number of nitrogens with zero attached hydrogens (tertiary/aromatic N) is 2. The molecule has 0 bridgehead atoms. The topological polar surface area (TPSA) is 104 Å². The van der Waals surface area contributed by atoms with E-state index < -0.39 is 17.6 Å². The van der Waals surface area contributed by atoms with E-state index in [-0.39, 0.29) is 18.1 Å². The van der Waals surface area contributed by atoms with Crippen LogP contribution < -0.4 is 4.90 Å². The van der Waals surface area contributed by atoms with E-state index in [4.69, 9.17) is 5.11 Å². The van der Waals surface area contributed by atoms with E-state index in [9.17, 15) is 20.0 Å². The minimum Gasteiger partial charge on any atom is -0.394 e. The Balaban J connectivity index is 2.38. The lowest BCUT2D eigenvalue weighted by molar-refractivity contribution is -0.384. The van der Waals surface area contributed by atoms with Gasteiger partial charge < -0.3 is 15.1 Å². The molecule has 1 atom stereocenters. The molecule has 0 fully saturated rings. The number of benzene rings is 1. The number of β-amino-alcohol motifs (C(OH)–C–C–N with tert-alkyl or cyclic N) is 1. The number of carbonyl (C=O) groups excluding carboxylic acids is 1. The summed E-state index contributed by atoms with van der Waals surface area (Å²) >= 11 is 0. The van der Waals surface area contributed by atoms with Crippen molar-refractivity contribution in [2.24, 2.45) is 0 Å². The molecule has 1 aromatic rings. The Hall–Kier alpha value is -1.99. The summed E-state index contributed by atoms with van der Waals surface area (Å²) in [5, 5.41) is 29.2. The van der Waals surface area contributed by atoms with E-state index in [2.05, 4.69) is 0 Å². The molecule has 0 saturated carbocycles. The number of aryl methyl sites for hydroxylation is 1. The number of aliphatic hydroxyl groups excluding tert-OH is 2. The zero-order valence-corrected chi connectivity index (χ0v) is 10.9.